The third kappa shape index (κ3) is 4.93. The van der Waals surface area contributed by atoms with Crippen LogP contribution < -0.4 is 14.8 Å². The number of anilines is 1. The maximum Gasteiger partial charge on any atom is 0.265 e. The standard InChI is InChI=1S/C18H17ClFNO4/c1-3-24-17-8-12(10-22)4-7-16(17)25-11(2)18(23)21-15-6-5-13(20)9-14(15)19/h4-11H,3H2,1-2H3,(H,21,23)/t11-/m1/s1. The third-order valence-corrected chi connectivity index (χ3v) is 3.58. The van der Waals surface area contributed by atoms with Crippen LogP contribution in [0.3, 0.4) is 0 Å². The van der Waals surface area contributed by atoms with Gasteiger partial charge in [0.15, 0.2) is 17.6 Å². The van der Waals surface area contributed by atoms with Gasteiger partial charge >= 0.3 is 0 Å². The van der Waals surface area contributed by atoms with Crippen LogP contribution in [0, 0.1) is 5.82 Å². The lowest BCUT2D eigenvalue weighted by Crippen LogP contribution is -2.30. The zero-order valence-corrected chi connectivity index (χ0v) is 14.5. The Morgan fingerprint density at radius 1 is 1.28 bits per heavy atom. The first-order valence-corrected chi connectivity index (χ1v) is 7.97. The molecule has 5 nitrogen and oxygen atoms in total. The molecular weight excluding hydrogens is 349 g/mol. The predicted molar refractivity (Wildman–Crippen MR) is 93.1 cm³/mol. The Balaban J connectivity index is 2.11. The average molecular weight is 366 g/mol. The van der Waals surface area contributed by atoms with Crippen molar-refractivity contribution in [1.82, 2.24) is 0 Å². The minimum absolute atomic E-state index is 0.0888. The Labute approximate surface area is 149 Å². The van der Waals surface area contributed by atoms with Crippen LogP contribution in [0.15, 0.2) is 36.4 Å². The zero-order valence-electron chi connectivity index (χ0n) is 13.7. The van der Waals surface area contributed by atoms with Crippen molar-refractivity contribution in [1.29, 1.82) is 0 Å². The van der Waals surface area contributed by atoms with Gasteiger partial charge in [-0.2, -0.15) is 0 Å². The van der Waals surface area contributed by atoms with E-state index in [-0.39, 0.29) is 10.7 Å². The molecule has 2 aromatic rings. The Hall–Kier alpha value is -2.60. The molecule has 0 saturated heterocycles. The summed E-state index contributed by atoms with van der Waals surface area (Å²) >= 11 is 5.89. The number of hydrogen-bond acceptors (Lipinski definition) is 4. The van der Waals surface area contributed by atoms with E-state index < -0.39 is 17.8 Å². The minimum atomic E-state index is -0.873. The van der Waals surface area contributed by atoms with Gasteiger partial charge in [-0.25, -0.2) is 4.39 Å². The fraction of sp³-hybridized carbons (Fsp3) is 0.222. The van der Waals surface area contributed by atoms with E-state index in [0.29, 0.717) is 30.0 Å². The summed E-state index contributed by atoms with van der Waals surface area (Å²) in [6.45, 7) is 3.73. The largest absolute Gasteiger partial charge is 0.490 e. The molecule has 2 rings (SSSR count). The van der Waals surface area contributed by atoms with Crippen molar-refractivity contribution in [3.63, 3.8) is 0 Å². The lowest BCUT2D eigenvalue weighted by atomic mass is 10.2. The maximum atomic E-state index is 13.0. The molecule has 2 aromatic carbocycles. The van der Waals surface area contributed by atoms with Gasteiger partial charge in [-0.3, -0.25) is 9.59 Å². The highest BCUT2D eigenvalue weighted by molar-refractivity contribution is 6.33. The second-order valence-electron chi connectivity index (χ2n) is 5.13. The molecule has 1 amide bonds. The molecule has 1 N–H and O–H groups in total. The van der Waals surface area contributed by atoms with Crippen LogP contribution in [0.25, 0.3) is 0 Å². The highest BCUT2D eigenvalue weighted by Gasteiger charge is 2.18. The number of carbonyl (C=O) groups excluding carboxylic acids is 2. The van der Waals surface area contributed by atoms with E-state index in [0.717, 1.165) is 6.07 Å². The number of carbonyl (C=O) groups is 2. The van der Waals surface area contributed by atoms with Gasteiger partial charge in [0.25, 0.3) is 5.91 Å². The van der Waals surface area contributed by atoms with Gasteiger partial charge in [0.2, 0.25) is 0 Å². The molecule has 0 aliphatic heterocycles. The Bertz CT molecular complexity index is 782. The summed E-state index contributed by atoms with van der Waals surface area (Å²) in [5.41, 5.74) is 0.718. The topological polar surface area (TPSA) is 64.6 Å². The van der Waals surface area contributed by atoms with Crippen LogP contribution in [0.2, 0.25) is 5.02 Å². The molecule has 0 aliphatic carbocycles. The molecule has 0 heterocycles. The number of hydrogen-bond donors (Lipinski definition) is 1. The molecule has 7 heteroatoms. The van der Waals surface area contributed by atoms with Gasteiger partial charge in [-0.05, 0) is 50.2 Å². The summed E-state index contributed by atoms with van der Waals surface area (Å²) in [4.78, 5) is 23.1. The molecule has 0 aromatic heterocycles. The number of rotatable bonds is 7. The molecule has 0 saturated carbocycles. The Kier molecular flexibility index (Phi) is 6.36. The molecule has 1 atom stereocenters. The maximum absolute atomic E-state index is 13.0. The fourth-order valence-corrected chi connectivity index (χ4v) is 2.25. The summed E-state index contributed by atoms with van der Waals surface area (Å²) in [7, 11) is 0. The van der Waals surface area contributed by atoms with E-state index in [2.05, 4.69) is 5.32 Å². The number of aldehydes is 1. The predicted octanol–water partition coefficient (Wildman–Crippen LogP) is 4.10. The van der Waals surface area contributed by atoms with Gasteiger partial charge in [-0.1, -0.05) is 11.6 Å². The average Bonchev–Trinajstić information content (AvgIpc) is 2.59. The van der Waals surface area contributed by atoms with Gasteiger partial charge < -0.3 is 14.8 Å². The van der Waals surface area contributed by atoms with Crippen molar-refractivity contribution in [2.45, 2.75) is 20.0 Å². The van der Waals surface area contributed by atoms with E-state index in [1.807, 2.05) is 0 Å². The van der Waals surface area contributed by atoms with Crippen LogP contribution in [-0.2, 0) is 4.79 Å². The molecule has 0 unspecified atom stereocenters. The zero-order chi connectivity index (χ0) is 18.4. The van der Waals surface area contributed by atoms with Crippen LogP contribution >= 0.6 is 11.6 Å². The summed E-state index contributed by atoms with van der Waals surface area (Å²) < 4.78 is 24.1. The Morgan fingerprint density at radius 3 is 2.68 bits per heavy atom. The van der Waals surface area contributed by atoms with Crippen LogP contribution in [0.1, 0.15) is 24.2 Å². The number of amides is 1. The smallest absolute Gasteiger partial charge is 0.265 e. The van der Waals surface area contributed by atoms with Gasteiger partial charge in [0.1, 0.15) is 12.1 Å². The molecule has 132 valence electrons. The van der Waals surface area contributed by atoms with Gasteiger partial charge in [-0.15, -0.1) is 0 Å². The van der Waals surface area contributed by atoms with Crippen molar-refractivity contribution < 1.29 is 23.5 Å². The van der Waals surface area contributed by atoms with Crippen molar-refractivity contribution in [2.24, 2.45) is 0 Å². The monoisotopic (exact) mass is 365 g/mol. The van der Waals surface area contributed by atoms with E-state index in [1.54, 1.807) is 26.0 Å². The van der Waals surface area contributed by atoms with Crippen molar-refractivity contribution in [3.8, 4) is 11.5 Å². The summed E-state index contributed by atoms with van der Waals surface area (Å²) in [6.07, 6.45) is -0.179. The fourth-order valence-electron chi connectivity index (χ4n) is 2.03. The SMILES string of the molecule is CCOc1cc(C=O)ccc1O[C@H](C)C(=O)Nc1ccc(F)cc1Cl. The first kappa shape index (κ1) is 18.7. The summed E-state index contributed by atoms with van der Waals surface area (Å²) in [5, 5.41) is 2.66. The summed E-state index contributed by atoms with van der Waals surface area (Å²) in [5.74, 6) is -0.258. The van der Waals surface area contributed by atoms with Gasteiger partial charge in [0, 0.05) is 5.56 Å². The van der Waals surface area contributed by atoms with Crippen molar-refractivity contribution in [2.75, 3.05) is 11.9 Å². The second-order valence-corrected chi connectivity index (χ2v) is 5.54. The minimum Gasteiger partial charge on any atom is -0.490 e. The lowest BCUT2D eigenvalue weighted by molar-refractivity contribution is -0.122. The van der Waals surface area contributed by atoms with E-state index >= 15 is 0 Å². The molecule has 0 spiro atoms. The van der Waals surface area contributed by atoms with E-state index in [4.69, 9.17) is 21.1 Å². The molecule has 0 fully saturated rings. The number of nitrogens with one attached hydrogen (secondary N) is 1. The van der Waals surface area contributed by atoms with Gasteiger partial charge in [0.05, 0.1) is 17.3 Å². The highest BCUT2D eigenvalue weighted by Crippen LogP contribution is 2.29. The number of ether oxygens (including phenoxy) is 2. The van der Waals surface area contributed by atoms with E-state index in [9.17, 15) is 14.0 Å². The highest BCUT2D eigenvalue weighted by atomic mass is 35.5. The second kappa shape index (κ2) is 8.48. The normalized spacial score (nSPS) is 11.5. The Morgan fingerprint density at radius 2 is 2.04 bits per heavy atom. The molecular formula is C18H17ClFNO4. The summed E-state index contributed by atoms with van der Waals surface area (Å²) in [6, 6.07) is 8.32. The molecule has 25 heavy (non-hydrogen) atoms. The first-order chi connectivity index (χ1) is 11.9. The molecule has 0 bridgehead atoms. The molecule has 0 aliphatic rings. The quantitative estimate of drug-likeness (QED) is 0.750. The number of benzene rings is 2. The lowest BCUT2D eigenvalue weighted by Gasteiger charge is -2.18. The van der Waals surface area contributed by atoms with Crippen LogP contribution in [0.5, 0.6) is 11.5 Å². The first-order valence-electron chi connectivity index (χ1n) is 7.59. The van der Waals surface area contributed by atoms with Crippen molar-refractivity contribution in [3.05, 3.63) is 52.8 Å². The third-order valence-electron chi connectivity index (χ3n) is 3.27. The van der Waals surface area contributed by atoms with Crippen LogP contribution in [-0.4, -0.2) is 24.9 Å². The van der Waals surface area contributed by atoms with Crippen molar-refractivity contribution >= 4 is 29.5 Å². The molecule has 0 radical (unpaired) electrons. The van der Waals surface area contributed by atoms with Crippen LogP contribution in [0.4, 0.5) is 10.1 Å². The van der Waals surface area contributed by atoms with E-state index in [1.165, 1.54) is 18.2 Å². The number of halogens is 2.